The summed E-state index contributed by atoms with van der Waals surface area (Å²) in [4.78, 5) is 0. The molecule has 1 aromatic carbocycles. The van der Waals surface area contributed by atoms with E-state index in [9.17, 15) is 4.21 Å². The lowest BCUT2D eigenvalue weighted by Gasteiger charge is -2.21. The molecule has 0 bridgehead atoms. The van der Waals surface area contributed by atoms with Crippen molar-refractivity contribution in [1.82, 2.24) is 0 Å². The summed E-state index contributed by atoms with van der Waals surface area (Å²) in [5.74, 6) is 0. The molecule has 1 unspecified atom stereocenters. The van der Waals surface area contributed by atoms with Crippen LogP contribution < -0.4 is 0 Å². The molecule has 0 saturated carbocycles. The van der Waals surface area contributed by atoms with Gasteiger partial charge in [-0.15, -0.1) is 0 Å². The summed E-state index contributed by atoms with van der Waals surface area (Å²) < 4.78 is 16.5. The van der Waals surface area contributed by atoms with E-state index in [-0.39, 0.29) is 10.2 Å². The molecular formula is C15H21NOS. The Hall–Kier alpha value is -0.960. The van der Waals surface area contributed by atoms with Gasteiger partial charge in [-0.2, -0.15) is 4.40 Å². The number of hydrogen-bond acceptors (Lipinski definition) is 1. The maximum Gasteiger partial charge on any atom is 0.145 e. The SMILES string of the molecule is CC1(C)Cc2ccccc2C1=NS(=O)C(C)(C)C. The van der Waals surface area contributed by atoms with E-state index in [0.29, 0.717) is 0 Å². The zero-order chi connectivity index (χ0) is 13.6. The van der Waals surface area contributed by atoms with E-state index in [1.54, 1.807) is 0 Å². The first-order chi connectivity index (χ1) is 8.22. The lowest BCUT2D eigenvalue weighted by atomic mass is 9.88. The molecule has 98 valence electrons. The van der Waals surface area contributed by atoms with Gasteiger partial charge in [0, 0.05) is 11.0 Å². The quantitative estimate of drug-likeness (QED) is 0.762. The molecule has 0 heterocycles. The second-order valence-corrected chi connectivity index (χ2v) is 8.42. The van der Waals surface area contributed by atoms with Gasteiger partial charge in [0.2, 0.25) is 0 Å². The second kappa shape index (κ2) is 4.30. The lowest BCUT2D eigenvalue weighted by molar-refractivity contribution is 0.541. The van der Waals surface area contributed by atoms with Crippen molar-refractivity contribution in [2.45, 2.75) is 45.8 Å². The first-order valence-electron chi connectivity index (χ1n) is 6.31. The molecule has 1 aromatic rings. The van der Waals surface area contributed by atoms with E-state index in [2.05, 4.69) is 36.4 Å². The molecule has 0 aromatic heterocycles. The predicted octanol–water partition coefficient (Wildman–Crippen LogP) is 3.52. The van der Waals surface area contributed by atoms with Crippen molar-refractivity contribution in [1.29, 1.82) is 0 Å². The summed E-state index contributed by atoms with van der Waals surface area (Å²) >= 11 is 0. The van der Waals surface area contributed by atoms with E-state index < -0.39 is 11.0 Å². The predicted molar refractivity (Wildman–Crippen MR) is 78.4 cm³/mol. The molecule has 1 aliphatic rings. The highest BCUT2D eigenvalue weighted by Crippen LogP contribution is 2.37. The molecular weight excluding hydrogens is 242 g/mol. The van der Waals surface area contributed by atoms with E-state index in [1.807, 2.05) is 26.8 Å². The molecule has 2 nitrogen and oxygen atoms in total. The third kappa shape index (κ3) is 2.41. The fraction of sp³-hybridized carbons (Fsp3) is 0.533. The summed E-state index contributed by atoms with van der Waals surface area (Å²) in [5.41, 5.74) is 3.45. The number of rotatable bonds is 1. The van der Waals surface area contributed by atoms with Crippen molar-refractivity contribution in [2.24, 2.45) is 9.81 Å². The van der Waals surface area contributed by atoms with Crippen molar-refractivity contribution in [3.63, 3.8) is 0 Å². The maximum atomic E-state index is 12.2. The second-order valence-electron chi connectivity index (χ2n) is 6.52. The molecule has 0 saturated heterocycles. The van der Waals surface area contributed by atoms with Gasteiger partial charge >= 0.3 is 0 Å². The summed E-state index contributed by atoms with van der Waals surface area (Å²) in [5, 5.41) is 0. The van der Waals surface area contributed by atoms with Crippen LogP contribution in [0.3, 0.4) is 0 Å². The Morgan fingerprint density at radius 1 is 1.22 bits per heavy atom. The zero-order valence-electron chi connectivity index (χ0n) is 11.8. The van der Waals surface area contributed by atoms with Crippen molar-refractivity contribution >= 4 is 16.7 Å². The molecule has 18 heavy (non-hydrogen) atoms. The van der Waals surface area contributed by atoms with Crippen LogP contribution in [0.1, 0.15) is 45.7 Å². The monoisotopic (exact) mass is 263 g/mol. The van der Waals surface area contributed by atoms with Crippen molar-refractivity contribution in [3.8, 4) is 0 Å². The zero-order valence-corrected chi connectivity index (χ0v) is 12.6. The van der Waals surface area contributed by atoms with E-state index in [0.717, 1.165) is 12.1 Å². The standard InChI is InChI=1S/C15H21NOS/c1-14(2,3)18(17)16-13-12-9-7-6-8-11(12)10-15(13,4)5/h6-9H,10H2,1-5H3. The van der Waals surface area contributed by atoms with Gasteiger partial charge in [0.1, 0.15) is 11.0 Å². The molecule has 1 aliphatic carbocycles. The molecule has 0 N–H and O–H groups in total. The Labute approximate surface area is 112 Å². The van der Waals surface area contributed by atoms with Crippen LogP contribution in [0.4, 0.5) is 0 Å². The molecule has 1 atom stereocenters. The smallest absolute Gasteiger partial charge is 0.145 e. The van der Waals surface area contributed by atoms with Gasteiger partial charge in [0.15, 0.2) is 0 Å². The van der Waals surface area contributed by atoms with Gasteiger partial charge in [0.05, 0.1) is 10.5 Å². The van der Waals surface area contributed by atoms with Crippen LogP contribution in [0.15, 0.2) is 28.7 Å². The van der Waals surface area contributed by atoms with Crippen molar-refractivity contribution in [2.75, 3.05) is 0 Å². The summed E-state index contributed by atoms with van der Waals surface area (Å²) in [6, 6.07) is 8.30. The number of benzene rings is 1. The lowest BCUT2D eigenvalue weighted by Crippen LogP contribution is -2.25. The molecule has 0 radical (unpaired) electrons. The molecule has 0 spiro atoms. The highest BCUT2D eigenvalue weighted by atomic mass is 32.2. The van der Waals surface area contributed by atoms with Crippen LogP contribution in [-0.4, -0.2) is 14.7 Å². The van der Waals surface area contributed by atoms with Crippen LogP contribution in [0, 0.1) is 5.41 Å². The summed E-state index contributed by atoms with van der Waals surface area (Å²) in [7, 11) is -1.19. The highest BCUT2D eigenvalue weighted by Gasteiger charge is 2.36. The Morgan fingerprint density at radius 3 is 2.44 bits per heavy atom. The minimum Gasteiger partial charge on any atom is -0.234 e. The highest BCUT2D eigenvalue weighted by molar-refractivity contribution is 7.85. The van der Waals surface area contributed by atoms with Crippen molar-refractivity contribution in [3.05, 3.63) is 35.4 Å². The van der Waals surface area contributed by atoms with Gasteiger partial charge < -0.3 is 0 Å². The minimum atomic E-state index is -1.19. The first kappa shape index (κ1) is 13.5. The molecule has 3 heteroatoms. The van der Waals surface area contributed by atoms with Crippen LogP contribution in [0.5, 0.6) is 0 Å². The van der Waals surface area contributed by atoms with Gasteiger partial charge in [0.25, 0.3) is 0 Å². The fourth-order valence-corrected chi connectivity index (χ4v) is 3.01. The van der Waals surface area contributed by atoms with Gasteiger partial charge in [-0.25, -0.2) is 4.21 Å². The third-order valence-corrected chi connectivity index (χ3v) is 4.64. The number of hydrogen-bond donors (Lipinski definition) is 0. The Morgan fingerprint density at radius 2 is 1.83 bits per heavy atom. The molecule has 0 amide bonds. The van der Waals surface area contributed by atoms with Crippen LogP contribution >= 0.6 is 0 Å². The number of fused-ring (bicyclic) bond motifs is 1. The van der Waals surface area contributed by atoms with Crippen LogP contribution in [0.25, 0.3) is 0 Å². The van der Waals surface area contributed by atoms with Gasteiger partial charge in [-0.05, 0) is 32.8 Å². The average molecular weight is 263 g/mol. The van der Waals surface area contributed by atoms with Crippen LogP contribution in [0.2, 0.25) is 0 Å². The summed E-state index contributed by atoms with van der Waals surface area (Å²) in [6.07, 6.45) is 0.976. The van der Waals surface area contributed by atoms with Gasteiger partial charge in [-0.3, -0.25) is 0 Å². The van der Waals surface area contributed by atoms with E-state index >= 15 is 0 Å². The largest absolute Gasteiger partial charge is 0.234 e. The molecule has 0 fully saturated rings. The van der Waals surface area contributed by atoms with Gasteiger partial charge in [-0.1, -0.05) is 38.1 Å². The normalized spacial score (nSPS) is 21.9. The van der Waals surface area contributed by atoms with Crippen molar-refractivity contribution < 1.29 is 4.21 Å². The first-order valence-corrected chi connectivity index (χ1v) is 7.42. The fourth-order valence-electron chi connectivity index (χ4n) is 2.22. The Bertz CT molecular complexity index is 524. The minimum absolute atomic E-state index is 0.0232. The summed E-state index contributed by atoms with van der Waals surface area (Å²) in [6.45, 7) is 10.2. The maximum absolute atomic E-state index is 12.2. The topological polar surface area (TPSA) is 29.4 Å². The molecule has 0 aliphatic heterocycles. The third-order valence-electron chi connectivity index (χ3n) is 3.24. The molecule has 2 rings (SSSR count). The van der Waals surface area contributed by atoms with E-state index in [1.165, 1.54) is 11.1 Å². The van der Waals surface area contributed by atoms with Crippen LogP contribution in [-0.2, 0) is 17.4 Å². The Kier molecular flexibility index (Phi) is 3.22. The average Bonchev–Trinajstić information content (AvgIpc) is 2.49. The van der Waals surface area contributed by atoms with E-state index in [4.69, 9.17) is 0 Å². The number of nitrogens with zero attached hydrogens (tertiary/aromatic N) is 1. The Balaban J connectivity index is 2.49.